The maximum absolute atomic E-state index is 5.90. The van der Waals surface area contributed by atoms with Crippen LogP contribution in [0, 0.1) is 0 Å². The van der Waals surface area contributed by atoms with Crippen LogP contribution in [0.5, 0.6) is 0 Å². The SMILES string of the molecule is C.C.C.C.C.C.C.C.C.C.C.CC.CC.[3H]C=S.[3H]C=S. The number of hydrogen-bond acceptors (Lipinski definition) is 2. The van der Waals surface area contributed by atoms with Crippen LogP contribution in [0.1, 0.15) is 112 Å². The molecule has 0 aromatic heterocycles. The Morgan fingerprint density at radius 1 is 0.474 bits per heavy atom. The smallest absolute Gasteiger partial charge is 0.0662 e. The van der Waals surface area contributed by atoms with Crippen molar-refractivity contribution in [1.29, 1.82) is 0 Å². The molecular weight excluding hydrogens is 268 g/mol. The van der Waals surface area contributed by atoms with Gasteiger partial charge in [-0.1, -0.05) is 134 Å². The van der Waals surface area contributed by atoms with Gasteiger partial charge >= 0.3 is 0 Å². The number of thiocarbonyl (C=S) groups is 2. The Bertz CT molecular complexity index is 39.8. The van der Waals surface area contributed by atoms with E-state index in [1.54, 1.807) is 0 Å². The Morgan fingerprint density at radius 3 is 0.474 bits per heavy atom. The largest absolute Gasteiger partial charge is 0.0973 e. The van der Waals surface area contributed by atoms with Gasteiger partial charge in [-0.05, 0) is 11.7 Å². The van der Waals surface area contributed by atoms with Gasteiger partial charge in [0.25, 0.3) is 0 Å². The number of hydrogen-bond donors (Lipinski definition) is 0. The molecule has 0 N–H and O–H groups in total. The Kier molecular flexibility index (Phi) is 1450000. The van der Waals surface area contributed by atoms with Crippen molar-refractivity contribution >= 4 is 36.1 Å². The minimum Gasteiger partial charge on any atom is -0.0973 e. The molecule has 0 aliphatic heterocycles. The maximum Gasteiger partial charge on any atom is 0.0662 e. The molecule has 0 atom stereocenters. The van der Waals surface area contributed by atoms with E-state index in [2.05, 4.69) is 24.4 Å². The summed E-state index contributed by atoms with van der Waals surface area (Å²) in [5, 5.41) is 0. The van der Waals surface area contributed by atoms with Gasteiger partial charge in [-0.25, -0.2) is 0 Å². The van der Waals surface area contributed by atoms with Crippen molar-refractivity contribution in [1.82, 2.24) is 0 Å². The molecule has 0 nitrogen and oxygen atoms in total. The molecule has 0 bridgehead atoms. The normalized spacial score (nSPS) is 2.11. The fourth-order valence-corrected chi connectivity index (χ4v) is 0. The molecule has 0 aromatic carbocycles. The molecule has 0 radical (unpaired) electrons. The van der Waals surface area contributed by atoms with Gasteiger partial charge in [-0.3, -0.25) is 0 Å². The average Bonchev–Trinajstić information content (AvgIpc) is 1.99. The highest BCUT2D eigenvalue weighted by atomic mass is 32.1. The van der Waals surface area contributed by atoms with Gasteiger partial charge in [-0.15, -0.1) is 0 Å². The highest BCUT2D eigenvalue weighted by Gasteiger charge is 0.934. The molecule has 0 spiro atoms. The summed E-state index contributed by atoms with van der Waals surface area (Å²) < 4.78 is 11.8. The highest BCUT2D eigenvalue weighted by molar-refractivity contribution is 7.77. The molecular formula is C17H60S2. The third-order valence-corrected chi connectivity index (χ3v) is 0. The Balaban J connectivity index is -0.00000000151. The van der Waals surface area contributed by atoms with Crippen LogP contribution >= 0.6 is 24.4 Å². The van der Waals surface area contributed by atoms with Gasteiger partial charge < -0.3 is 0 Å². The summed E-state index contributed by atoms with van der Waals surface area (Å²) in [5.41, 5.74) is 0. The molecule has 0 heterocycles. The Labute approximate surface area is 148 Å². The predicted octanol–water partition coefficient (Wildman–Crippen LogP) is 10.3. The molecule has 0 amide bonds. The van der Waals surface area contributed by atoms with Crippen LogP contribution in [0.15, 0.2) is 0 Å². The fraction of sp³-hybridized carbons (Fsp3) is 0.882. The van der Waals surface area contributed by atoms with Gasteiger partial charge in [0.1, 0.15) is 0 Å². The van der Waals surface area contributed by atoms with Crippen LogP contribution in [0.3, 0.4) is 0 Å². The van der Waals surface area contributed by atoms with Crippen molar-refractivity contribution in [2.75, 3.05) is 0 Å². The second-order valence-corrected chi connectivity index (χ2v) is 0. The lowest BCUT2D eigenvalue weighted by Gasteiger charge is -1.07. The topological polar surface area (TPSA) is 0 Å². The minimum atomic E-state index is 0. The summed E-state index contributed by atoms with van der Waals surface area (Å²) in [6, 6.07) is 0. The highest BCUT2D eigenvalue weighted by Crippen LogP contribution is 1.15. The maximum atomic E-state index is 5.90. The van der Waals surface area contributed by atoms with Crippen molar-refractivity contribution in [2.24, 2.45) is 0 Å². The van der Waals surface area contributed by atoms with Crippen molar-refractivity contribution in [3.8, 4) is 0 Å². The Hall–Kier alpha value is 0.180. The summed E-state index contributed by atoms with van der Waals surface area (Å²) in [6.45, 7) is 8.00. The standard InChI is InChI=1S/2C2H6.2CH2S.11CH4/c4*1-2;;;;;;;;;;;/h2*1-2H3;2*1H2;11*1H4/i;;2*1T;;;;;;;;;;;. The van der Waals surface area contributed by atoms with Crippen LogP contribution in [0.2, 0.25) is 0 Å². The zero-order chi connectivity index (χ0) is 9.41. The van der Waals surface area contributed by atoms with E-state index in [0.29, 0.717) is 0 Å². The molecule has 0 aliphatic rings. The first-order chi connectivity index (χ1) is 4.83. The first-order valence-electron chi connectivity index (χ1n) is 3.63. The van der Waals surface area contributed by atoms with Crippen LogP contribution in [0.4, 0.5) is 0 Å². The van der Waals surface area contributed by atoms with E-state index >= 15 is 0 Å². The molecule has 0 unspecified atom stereocenters. The molecule has 0 fully saturated rings. The van der Waals surface area contributed by atoms with E-state index in [4.69, 9.17) is 2.74 Å². The second kappa shape index (κ2) is 166000. The quantitative estimate of drug-likeness (QED) is 0.404. The van der Waals surface area contributed by atoms with E-state index in [-0.39, 0.29) is 81.7 Å². The predicted molar refractivity (Wildman–Crippen MR) is 126 cm³/mol. The van der Waals surface area contributed by atoms with Gasteiger partial charge in [0.05, 0.1) is 2.74 Å². The molecule has 0 rings (SSSR count). The van der Waals surface area contributed by atoms with Gasteiger partial charge in [0.15, 0.2) is 0 Å². The molecule has 0 aliphatic carbocycles. The van der Waals surface area contributed by atoms with E-state index in [9.17, 15) is 0 Å². The first kappa shape index (κ1) is 166. The molecule has 0 aromatic rings. The van der Waals surface area contributed by atoms with Gasteiger partial charge in [0.2, 0.25) is 0 Å². The van der Waals surface area contributed by atoms with Crippen molar-refractivity contribution in [3.05, 3.63) is 0 Å². The summed E-state index contributed by atoms with van der Waals surface area (Å²) in [6.07, 6.45) is 0. The average molecular weight is 333 g/mol. The van der Waals surface area contributed by atoms with Crippen LogP contribution < -0.4 is 0 Å². The summed E-state index contributed by atoms with van der Waals surface area (Å²) in [4.78, 5) is 0. The summed E-state index contributed by atoms with van der Waals surface area (Å²) in [5.74, 6) is 1.67. The van der Waals surface area contributed by atoms with Gasteiger partial charge in [-0.2, -0.15) is 0 Å². The van der Waals surface area contributed by atoms with E-state index < -0.39 is 0 Å². The Morgan fingerprint density at radius 2 is 0.474 bits per heavy atom. The third-order valence-electron chi connectivity index (χ3n) is 0. The van der Waals surface area contributed by atoms with Gasteiger partial charge in [0, 0.05) is 0 Å². The summed E-state index contributed by atoms with van der Waals surface area (Å²) >= 11 is 7.87. The van der Waals surface area contributed by atoms with Crippen LogP contribution in [-0.4, -0.2) is 11.7 Å². The fourth-order valence-electron chi connectivity index (χ4n) is 0. The zero-order valence-electron chi connectivity index (χ0n) is 7.97. The monoisotopic (exact) mass is 332 g/mol. The number of rotatable bonds is 0. The first-order valence-corrected chi connectivity index (χ1v) is 3.41. The van der Waals surface area contributed by atoms with Crippen molar-refractivity contribution in [3.63, 3.8) is 0 Å². The van der Waals surface area contributed by atoms with Crippen LogP contribution in [0.25, 0.3) is 0 Å². The zero-order valence-corrected chi connectivity index (χ0v) is 7.60. The molecule has 19 heavy (non-hydrogen) atoms. The molecule has 140 valence electrons. The van der Waals surface area contributed by atoms with E-state index in [1.165, 1.54) is 0 Å². The summed E-state index contributed by atoms with van der Waals surface area (Å²) in [7, 11) is 0. The minimum absolute atomic E-state index is 0. The molecule has 0 saturated carbocycles. The van der Waals surface area contributed by atoms with E-state index in [0.717, 1.165) is 11.7 Å². The van der Waals surface area contributed by atoms with E-state index in [1.807, 2.05) is 27.7 Å². The lowest BCUT2D eigenvalue weighted by atomic mass is 11.0. The lowest BCUT2D eigenvalue weighted by molar-refractivity contribution is 1.50. The van der Waals surface area contributed by atoms with Crippen molar-refractivity contribution < 1.29 is 2.74 Å². The molecule has 2 heteroatoms. The third kappa shape index (κ3) is 147000. The lowest BCUT2D eigenvalue weighted by Crippen LogP contribution is -0.856. The second-order valence-electron chi connectivity index (χ2n) is 0. The van der Waals surface area contributed by atoms with Crippen molar-refractivity contribution in [2.45, 2.75) is 109 Å². The molecule has 0 saturated heterocycles. The van der Waals surface area contributed by atoms with Crippen LogP contribution in [-0.2, 0) is 0 Å².